The van der Waals surface area contributed by atoms with Crippen molar-refractivity contribution in [1.29, 1.82) is 0 Å². The van der Waals surface area contributed by atoms with Crippen molar-refractivity contribution in [2.45, 2.75) is 24.2 Å². The minimum Gasteiger partial charge on any atom is -0.299 e. The van der Waals surface area contributed by atoms with Crippen molar-refractivity contribution in [3.63, 3.8) is 0 Å². The Bertz CT molecular complexity index is 937. The summed E-state index contributed by atoms with van der Waals surface area (Å²) in [6.07, 6.45) is 0.304. The molecule has 0 amide bonds. The lowest BCUT2D eigenvalue weighted by Gasteiger charge is -2.45. The molecule has 4 nitrogen and oxygen atoms in total. The lowest BCUT2D eigenvalue weighted by atomic mass is 9.66. The van der Waals surface area contributed by atoms with Crippen LogP contribution in [0.25, 0.3) is 0 Å². The van der Waals surface area contributed by atoms with Gasteiger partial charge in [0.1, 0.15) is 11.6 Å². The lowest BCUT2D eigenvalue weighted by Crippen LogP contribution is -2.50. The van der Waals surface area contributed by atoms with E-state index in [0.717, 1.165) is 5.56 Å². The maximum atomic E-state index is 14.3. The van der Waals surface area contributed by atoms with E-state index in [2.05, 4.69) is 0 Å². The molecule has 2 aliphatic rings. The van der Waals surface area contributed by atoms with Crippen LogP contribution >= 0.6 is 0 Å². The Balaban J connectivity index is 1.86. The molecule has 1 heterocycles. The normalized spacial score (nSPS) is 22.6. The van der Waals surface area contributed by atoms with Gasteiger partial charge in [-0.25, -0.2) is 12.8 Å². The minimum atomic E-state index is -3.79. The molecule has 1 aliphatic carbocycles. The number of hydrogen-bond donors (Lipinski definition) is 0. The zero-order chi connectivity index (χ0) is 17.1. The Hall–Kier alpha value is -2.21. The number of anilines is 1. The third-order valence-corrected chi connectivity index (χ3v) is 6.69. The molecular formula is C18H16FNO3S. The Morgan fingerprint density at radius 1 is 1.12 bits per heavy atom. The van der Waals surface area contributed by atoms with Crippen molar-refractivity contribution >= 4 is 21.5 Å². The summed E-state index contributed by atoms with van der Waals surface area (Å²) >= 11 is 0. The number of rotatable bonds is 2. The van der Waals surface area contributed by atoms with Crippen molar-refractivity contribution in [2.24, 2.45) is 5.92 Å². The number of halogens is 1. The highest BCUT2D eigenvalue weighted by Crippen LogP contribution is 2.50. The number of nitrogens with zero attached hydrogens (tertiary/aromatic N) is 1. The van der Waals surface area contributed by atoms with Gasteiger partial charge in [0.25, 0.3) is 10.0 Å². The van der Waals surface area contributed by atoms with Crippen molar-refractivity contribution in [3.8, 4) is 0 Å². The van der Waals surface area contributed by atoms with Crippen LogP contribution in [0.5, 0.6) is 0 Å². The molecule has 1 aliphatic heterocycles. The van der Waals surface area contributed by atoms with Gasteiger partial charge in [-0.2, -0.15) is 0 Å². The molecule has 0 unspecified atom stereocenters. The Labute approximate surface area is 140 Å². The number of Topliss-reactive ketones (excluding diaryl/α,β-unsaturated/α-hetero) is 1. The van der Waals surface area contributed by atoms with E-state index in [-0.39, 0.29) is 34.4 Å². The lowest BCUT2D eigenvalue weighted by molar-refractivity contribution is -0.129. The summed E-state index contributed by atoms with van der Waals surface area (Å²) in [4.78, 5) is 12.1. The first-order valence-corrected chi connectivity index (χ1v) is 9.24. The van der Waals surface area contributed by atoms with Crippen LogP contribution in [0.1, 0.15) is 23.5 Å². The van der Waals surface area contributed by atoms with Crippen LogP contribution in [0.2, 0.25) is 0 Å². The maximum absolute atomic E-state index is 14.3. The quantitative estimate of drug-likeness (QED) is 0.841. The molecular weight excluding hydrogens is 329 g/mol. The van der Waals surface area contributed by atoms with Gasteiger partial charge in [0, 0.05) is 18.5 Å². The molecule has 2 atom stereocenters. The fourth-order valence-corrected chi connectivity index (χ4v) is 5.14. The number of carbonyl (C=O) groups is 1. The van der Waals surface area contributed by atoms with Gasteiger partial charge in [0.05, 0.1) is 16.5 Å². The van der Waals surface area contributed by atoms with Gasteiger partial charge in [0.2, 0.25) is 0 Å². The second-order valence-electron chi connectivity index (χ2n) is 6.43. The Morgan fingerprint density at radius 3 is 2.50 bits per heavy atom. The average Bonchev–Trinajstić information content (AvgIpc) is 2.53. The van der Waals surface area contributed by atoms with Crippen LogP contribution in [-0.2, 0) is 14.8 Å². The number of benzene rings is 2. The first kappa shape index (κ1) is 15.3. The molecule has 0 radical (unpaired) electrons. The van der Waals surface area contributed by atoms with Crippen molar-refractivity contribution in [2.75, 3.05) is 10.8 Å². The van der Waals surface area contributed by atoms with Crippen LogP contribution < -0.4 is 4.31 Å². The van der Waals surface area contributed by atoms with E-state index in [1.54, 1.807) is 30.3 Å². The smallest absolute Gasteiger partial charge is 0.264 e. The van der Waals surface area contributed by atoms with Crippen LogP contribution in [0.3, 0.4) is 0 Å². The molecule has 0 N–H and O–H groups in total. The van der Waals surface area contributed by atoms with Gasteiger partial charge in [-0.05, 0) is 37.1 Å². The van der Waals surface area contributed by atoms with Crippen LogP contribution in [0.15, 0.2) is 47.4 Å². The summed E-state index contributed by atoms with van der Waals surface area (Å²) in [5, 5.41) is 0. The third-order valence-electron chi connectivity index (χ3n) is 4.90. The van der Waals surface area contributed by atoms with Gasteiger partial charge in [0.15, 0.2) is 0 Å². The molecule has 1 saturated carbocycles. The molecule has 2 aromatic carbocycles. The molecule has 0 aromatic heterocycles. The number of aryl methyl sites for hydroxylation is 1. The first-order valence-electron chi connectivity index (χ1n) is 7.80. The SMILES string of the molecule is Cc1ccc(S(=O)(=O)N2C[C@@H]3CC(=O)[C@@H]3c3c(F)cccc32)cc1. The number of fused-ring (bicyclic) bond motifs is 3. The summed E-state index contributed by atoms with van der Waals surface area (Å²) in [5.74, 6) is -1.19. The fraction of sp³-hybridized carbons (Fsp3) is 0.278. The van der Waals surface area contributed by atoms with E-state index in [1.165, 1.54) is 16.4 Å². The van der Waals surface area contributed by atoms with Crippen molar-refractivity contribution in [3.05, 3.63) is 59.4 Å². The highest BCUT2D eigenvalue weighted by Gasteiger charge is 2.49. The summed E-state index contributed by atoms with van der Waals surface area (Å²) in [5.41, 5.74) is 1.47. The molecule has 0 bridgehead atoms. The number of hydrogen-bond acceptors (Lipinski definition) is 3. The number of ketones is 1. The molecule has 124 valence electrons. The second-order valence-corrected chi connectivity index (χ2v) is 8.29. The van der Waals surface area contributed by atoms with E-state index in [1.807, 2.05) is 6.92 Å². The van der Waals surface area contributed by atoms with Gasteiger partial charge < -0.3 is 0 Å². The summed E-state index contributed by atoms with van der Waals surface area (Å²) in [6, 6.07) is 10.9. The van der Waals surface area contributed by atoms with E-state index in [0.29, 0.717) is 6.42 Å². The van der Waals surface area contributed by atoms with Gasteiger partial charge in [-0.1, -0.05) is 23.8 Å². The summed E-state index contributed by atoms with van der Waals surface area (Å²) in [7, 11) is -3.79. The van der Waals surface area contributed by atoms with E-state index in [4.69, 9.17) is 0 Å². The largest absolute Gasteiger partial charge is 0.299 e. The van der Waals surface area contributed by atoms with Gasteiger partial charge in [-0.15, -0.1) is 0 Å². The second kappa shape index (κ2) is 5.14. The van der Waals surface area contributed by atoms with Gasteiger partial charge in [-0.3, -0.25) is 9.10 Å². The predicted octanol–water partition coefficient (Wildman–Crippen LogP) is 3.02. The Kier molecular flexibility index (Phi) is 3.28. The molecule has 4 rings (SSSR count). The maximum Gasteiger partial charge on any atom is 0.264 e. The van der Waals surface area contributed by atoms with Crippen LogP contribution in [-0.4, -0.2) is 20.7 Å². The molecule has 0 spiro atoms. The fourth-order valence-electron chi connectivity index (χ4n) is 3.60. The minimum absolute atomic E-state index is 0.0151. The van der Waals surface area contributed by atoms with E-state index >= 15 is 0 Å². The topological polar surface area (TPSA) is 54.5 Å². The average molecular weight is 345 g/mol. The zero-order valence-electron chi connectivity index (χ0n) is 13.1. The van der Waals surface area contributed by atoms with Crippen LogP contribution in [0, 0.1) is 18.7 Å². The first-order chi connectivity index (χ1) is 11.4. The van der Waals surface area contributed by atoms with Crippen molar-refractivity contribution < 1.29 is 17.6 Å². The van der Waals surface area contributed by atoms with Crippen molar-refractivity contribution in [1.82, 2.24) is 0 Å². The highest BCUT2D eigenvalue weighted by atomic mass is 32.2. The van der Waals surface area contributed by atoms with Gasteiger partial charge >= 0.3 is 0 Å². The summed E-state index contributed by atoms with van der Waals surface area (Å²) in [6.45, 7) is 2.09. The monoisotopic (exact) mass is 345 g/mol. The van der Waals surface area contributed by atoms with Crippen LogP contribution in [0.4, 0.5) is 10.1 Å². The third kappa shape index (κ3) is 2.09. The molecule has 0 saturated heterocycles. The number of sulfonamides is 1. The molecule has 6 heteroatoms. The standard InChI is InChI=1S/C18H16FNO3S/c1-11-5-7-13(8-6-11)24(22,23)20-10-12-9-16(21)17(12)18-14(19)3-2-4-15(18)20/h2-8,12,17H,9-10H2,1H3/t12-,17+/m0/s1. The molecule has 2 aromatic rings. The zero-order valence-corrected chi connectivity index (χ0v) is 13.9. The van der Waals surface area contributed by atoms with E-state index in [9.17, 15) is 17.6 Å². The highest BCUT2D eigenvalue weighted by molar-refractivity contribution is 7.92. The predicted molar refractivity (Wildman–Crippen MR) is 88.0 cm³/mol. The van der Waals surface area contributed by atoms with E-state index < -0.39 is 21.8 Å². The molecule has 1 fully saturated rings. The number of carbonyl (C=O) groups excluding carboxylic acids is 1. The Morgan fingerprint density at radius 2 is 1.83 bits per heavy atom. The summed E-state index contributed by atoms with van der Waals surface area (Å²) < 4.78 is 41.7. The molecule has 24 heavy (non-hydrogen) atoms.